The average Bonchev–Trinajstić information content (AvgIpc) is 3.04. The molecule has 1 fully saturated rings. The zero-order valence-corrected chi connectivity index (χ0v) is 12.8. The molecule has 1 aromatic rings. The highest BCUT2D eigenvalue weighted by atomic mass is 79.9. The minimum Gasteiger partial charge on any atom is -0.311 e. The van der Waals surface area contributed by atoms with Gasteiger partial charge in [-0.05, 0) is 38.3 Å². The Bertz CT molecular complexity index is 345. The molecule has 0 radical (unpaired) electrons. The van der Waals surface area contributed by atoms with E-state index < -0.39 is 0 Å². The molecule has 0 aromatic carbocycles. The predicted molar refractivity (Wildman–Crippen MR) is 79.1 cm³/mol. The van der Waals surface area contributed by atoms with E-state index in [1.54, 1.807) is 0 Å². The summed E-state index contributed by atoms with van der Waals surface area (Å²) in [5.41, 5.74) is 1.17. The van der Waals surface area contributed by atoms with Gasteiger partial charge in [0.05, 0.1) is 11.7 Å². The maximum absolute atomic E-state index is 4.67. The summed E-state index contributed by atoms with van der Waals surface area (Å²) in [5, 5.41) is 8.14. The molecule has 0 saturated heterocycles. The quantitative estimate of drug-likeness (QED) is 0.615. The highest BCUT2D eigenvalue weighted by Crippen LogP contribution is 2.28. The third kappa shape index (κ3) is 4.09. The molecule has 1 aliphatic rings. The topological polar surface area (TPSA) is 29.9 Å². The van der Waals surface area contributed by atoms with Crippen LogP contribution in [0.5, 0.6) is 0 Å². The Morgan fingerprint density at radius 3 is 3.00 bits per heavy atom. The first-order valence-corrected chi connectivity index (χ1v) is 8.10. The third-order valence-electron chi connectivity index (χ3n) is 3.75. The van der Waals surface area contributed by atoms with Crippen molar-refractivity contribution >= 4 is 15.9 Å². The predicted octanol–water partition coefficient (Wildman–Crippen LogP) is 3.65. The van der Waals surface area contributed by atoms with Crippen LogP contribution in [0.4, 0.5) is 0 Å². The Balaban J connectivity index is 1.70. The first-order valence-electron chi connectivity index (χ1n) is 7.18. The largest absolute Gasteiger partial charge is 0.311 e. The maximum Gasteiger partial charge on any atom is 0.0762 e. The highest BCUT2D eigenvalue weighted by Gasteiger charge is 2.17. The van der Waals surface area contributed by atoms with Crippen LogP contribution in [-0.2, 0) is 6.54 Å². The van der Waals surface area contributed by atoms with E-state index in [0.717, 1.165) is 13.1 Å². The molecule has 0 amide bonds. The van der Waals surface area contributed by atoms with Crippen LogP contribution in [0.3, 0.4) is 0 Å². The summed E-state index contributed by atoms with van der Waals surface area (Å²) < 4.78 is 2.17. The molecule has 0 aliphatic heterocycles. The molecular weight excluding hydrogens is 290 g/mol. The summed E-state index contributed by atoms with van der Waals surface area (Å²) >= 11 is 3.65. The van der Waals surface area contributed by atoms with Gasteiger partial charge in [0.25, 0.3) is 0 Å². The minimum absolute atomic E-state index is 0.640. The molecule has 102 valence electrons. The van der Waals surface area contributed by atoms with E-state index in [2.05, 4.69) is 50.2 Å². The standard InChI is InChI=1S/C14H24BrN3/c1-2-12(15)7-9-16-11-13-8-10-18(17-13)14-5-3-4-6-14/h8,10,12,14,16H,2-7,9,11H2,1H3. The monoisotopic (exact) mass is 313 g/mol. The van der Waals surface area contributed by atoms with Crippen molar-refractivity contribution in [2.24, 2.45) is 0 Å². The number of alkyl halides is 1. The van der Waals surface area contributed by atoms with Crippen LogP contribution < -0.4 is 5.32 Å². The van der Waals surface area contributed by atoms with E-state index in [1.807, 2.05) is 0 Å². The van der Waals surface area contributed by atoms with Gasteiger partial charge in [-0.25, -0.2) is 0 Å². The number of aromatic nitrogens is 2. The van der Waals surface area contributed by atoms with Crippen molar-refractivity contribution in [3.8, 4) is 0 Å². The van der Waals surface area contributed by atoms with Gasteiger partial charge in [-0.15, -0.1) is 0 Å². The molecule has 4 heteroatoms. The number of rotatable bonds is 7. The van der Waals surface area contributed by atoms with Crippen LogP contribution >= 0.6 is 15.9 Å². The second-order valence-corrected chi connectivity index (χ2v) is 6.49. The van der Waals surface area contributed by atoms with Crippen LogP contribution in [0, 0.1) is 0 Å². The molecule has 1 saturated carbocycles. The maximum atomic E-state index is 4.67. The van der Waals surface area contributed by atoms with Crippen LogP contribution in [0.15, 0.2) is 12.3 Å². The van der Waals surface area contributed by atoms with E-state index in [-0.39, 0.29) is 0 Å². The van der Waals surface area contributed by atoms with Crippen LogP contribution in [0.2, 0.25) is 0 Å². The summed E-state index contributed by atoms with van der Waals surface area (Å²) in [7, 11) is 0. The first-order chi connectivity index (χ1) is 8.79. The van der Waals surface area contributed by atoms with Crippen molar-refractivity contribution in [1.82, 2.24) is 15.1 Å². The van der Waals surface area contributed by atoms with Crippen molar-refractivity contribution in [3.05, 3.63) is 18.0 Å². The Hall–Kier alpha value is -0.350. The normalized spacial score (nSPS) is 18.3. The lowest BCUT2D eigenvalue weighted by Gasteiger charge is -2.09. The Morgan fingerprint density at radius 2 is 2.28 bits per heavy atom. The smallest absolute Gasteiger partial charge is 0.0762 e. The van der Waals surface area contributed by atoms with Crippen LogP contribution in [0.25, 0.3) is 0 Å². The molecular formula is C14H24BrN3. The molecule has 18 heavy (non-hydrogen) atoms. The van der Waals surface area contributed by atoms with E-state index in [4.69, 9.17) is 0 Å². The zero-order chi connectivity index (χ0) is 12.8. The van der Waals surface area contributed by atoms with Gasteiger partial charge in [0, 0.05) is 17.6 Å². The third-order valence-corrected chi connectivity index (χ3v) is 4.85. The van der Waals surface area contributed by atoms with Crippen molar-refractivity contribution in [2.45, 2.75) is 62.9 Å². The molecule has 1 heterocycles. The van der Waals surface area contributed by atoms with E-state index in [0.29, 0.717) is 10.9 Å². The molecule has 3 nitrogen and oxygen atoms in total. The summed E-state index contributed by atoms with van der Waals surface area (Å²) in [4.78, 5) is 0.640. The number of nitrogens with one attached hydrogen (secondary N) is 1. The lowest BCUT2D eigenvalue weighted by atomic mass is 10.2. The van der Waals surface area contributed by atoms with Crippen molar-refractivity contribution in [1.29, 1.82) is 0 Å². The lowest BCUT2D eigenvalue weighted by molar-refractivity contribution is 0.460. The van der Waals surface area contributed by atoms with Gasteiger partial charge < -0.3 is 5.32 Å². The fourth-order valence-electron chi connectivity index (χ4n) is 2.52. The van der Waals surface area contributed by atoms with Gasteiger partial charge in [-0.3, -0.25) is 4.68 Å². The van der Waals surface area contributed by atoms with Crippen LogP contribution in [-0.4, -0.2) is 21.2 Å². The molecule has 1 atom stereocenters. The lowest BCUT2D eigenvalue weighted by Crippen LogP contribution is -2.18. The molecule has 1 aromatic heterocycles. The minimum atomic E-state index is 0.640. The van der Waals surface area contributed by atoms with Crippen molar-refractivity contribution < 1.29 is 0 Å². The number of nitrogens with zero attached hydrogens (tertiary/aromatic N) is 2. The van der Waals surface area contributed by atoms with Crippen LogP contribution in [0.1, 0.15) is 57.2 Å². The number of halogens is 1. The average molecular weight is 314 g/mol. The second kappa shape index (κ2) is 7.29. The summed E-state index contributed by atoms with van der Waals surface area (Å²) in [5.74, 6) is 0. The summed E-state index contributed by atoms with van der Waals surface area (Å²) in [6.07, 6.45) is 9.85. The van der Waals surface area contributed by atoms with Gasteiger partial charge in [0.2, 0.25) is 0 Å². The second-order valence-electron chi connectivity index (χ2n) is 5.20. The molecule has 0 bridgehead atoms. The van der Waals surface area contributed by atoms with Gasteiger partial charge >= 0.3 is 0 Å². The SMILES string of the molecule is CCC(Br)CCNCc1ccn(C2CCCC2)n1. The molecule has 1 unspecified atom stereocenters. The zero-order valence-electron chi connectivity index (χ0n) is 11.2. The Labute approximate surface area is 118 Å². The van der Waals surface area contributed by atoms with Gasteiger partial charge in [-0.1, -0.05) is 35.7 Å². The Kier molecular flexibility index (Phi) is 5.70. The van der Waals surface area contributed by atoms with Gasteiger partial charge in [0.1, 0.15) is 0 Å². The highest BCUT2D eigenvalue weighted by molar-refractivity contribution is 9.09. The van der Waals surface area contributed by atoms with E-state index in [1.165, 1.54) is 44.2 Å². The van der Waals surface area contributed by atoms with E-state index in [9.17, 15) is 0 Å². The summed E-state index contributed by atoms with van der Waals surface area (Å²) in [6, 6.07) is 2.81. The molecule has 1 N–H and O–H groups in total. The molecule has 2 rings (SSSR count). The van der Waals surface area contributed by atoms with Crippen molar-refractivity contribution in [3.63, 3.8) is 0 Å². The fourth-order valence-corrected chi connectivity index (χ4v) is 2.75. The number of hydrogen-bond donors (Lipinski definition) is 1. The van der Waals surface area contributed by atoms with Crippen molar-refractivity contribution in [2.75, 3.05) is 6.54 Å². The molecule has 0 spiro atoms. The first kappa shape index (κ1) is 14.1. The Morgan fingerprint density at radius 1 is 1.50 bits per heavy atom. The van der Waals surface area contributed by atoms with E-state index >= 15 is 0 Å². The fraction of sp³-hybridized carbons (Fsp3) is 0.786. The number of hydrogen-bond acceptors (Lipinski definition) is 2. The molecule has 1 aliphatic carbocycles. The van der Waals surface area contributed by atoms with Gasteiger partial charge in [-0.2, -0.15) is 5.10 Å². The summed E-state index contributed by atoms with van der Waals surface area (Å²) in [6.45, 7) is 4.16. The van der Waals surface area contributed by atoms with Gasteiger partial charge in [0.15, 0.2) is 0 Å².